The molecule has 0 unspecified atom stereocenters. The smallest absolute Gasteiger partial charge is 0.264 e. The average Bonchev–Trinajstić information content (AvgIpc) is 2.73. The standard InChI is InChI=1S/C19H23BrN2O6S/c1-22(28-4)29(24,25)15-7-5-6-14(10-15)19(23)21-9-8-13-11-17(26-2)18(27-3)12-16(13)20/h5-7,10-12H,8-9H2,1-4H3,(H,21,23). The summed E-state index contributed by atoms with van der Waals surface area (Å²) in [6.45, 7) is 0.349. The summed E-state index contributed by atoms with van der Waals surface area (Å²) in [7, 11) is 1.82. The molecule has 29 heavy (non-hydrogen) atoms. The Kier molecular flexibility index (Phi) is 8.03. The predicted octanol–water partition coefficient (Wildman–Crippen LogP) is 2.62. The Morgan fingerprint density at radius 2 is 1.76 bits per heavy atom. The number of ether oxygens (including phenoxy) is 2. The molecule has 0 spiro atoms. The van der Waals surface area contributed by atoms with Crippen LogP contribution in [0.3, 0.4) is 0 Å². The molecule has 158 valence electrons. The van der Waals surface area contributed by atoms with Gasteiger partial charge in [0.15, 0.2) is 11.5 Å². The number of hydrogen-bond donors (Lipinski definition) is 1. The van der Waals surface area contributed by atoms with Crippen molar-refractivity contribution >= 4 is 31.9 Å². The normalized spacial score (nSPS) is 11.4. The van der Waals surface area contributed by atoms with E-state index in [9.17, 15) is 13.2 Å². The summed E-state index contributed by atoms with van der Waals surface area (Å²) in [5.74, 6) is 0.821. The van der Waals surface area contributed by atoms with Gasteiger partial charge in [0.1, 0.15) is 0 Å². The molecule has 0 aliphatic rings. The van der Waals surface area contributed by atoms with Crippen molar-refractivity contribution in [2.45, 2.75) is 11.3 Å². The maximum absolute atomic E-state index is 12.5. The summed E-state index contributed by atoms with van der Waals surface area (Å²) in [4.78, 5) is 17.2. The number of benzene rings is 2. The van der Waals surface area contributed by atoms with Gasteiger partial charge in [-0.1, -0.05) is 26.5 Å². The fraction of sp³-hybridized carbons (Fsp3) is 0.316. The highest BCUT2D eigenvalue weighted by atomic mass is 79.9. The van der Waals surface area contributed by atoms with Crippen LogP contribution in [0.5, 0.6) is 11.5 Å². The van der Waals surface area contributed by atoms with Crippen LogP contribution in [0.25, 0.3) is 0 Å². The van der Waals surface area contributed by atoms with E-state index >= 15 is 0 Å². The Morgan fingerprint density at radius 3 is 2.38 bits per heavy atom. The molecular formula is C19H23BrN2O6S. The fourth-order valence-electron chi connectivity index (χ4n) is 2.54. The molecule has 2 aromatic rings. The second-order valence-electron chi connectivity index (χ2n) is 5.93. The molecule has 0 fully saturated rings. The van der Waals surface area contributed by atoms with Gasteiger partial charge in [-0.15, -0.1) is 0 Å². The maximum atomic E-state index is 12.5. The molecule has 1 N–H and O–H groups in total. The van der Waals surface area contributed by atoms with E-state index in [-0.39, 0.29) is 16.4 Å². The van der Waals surface area contributed by atoms with E-state index in [0.717, 1.165) is 14.5 Å². The lowest BCUT2D eigenvalue weighted by Crippen LogP contribution is -2.28. The topological polar surface area (TPSA) is 94.2 Å². The Hall–Kier alpha value is -2.14. The molecule has 0 radical (unpaired) electrons. The molecule has 0 bridgehead atoms. The van der Waals surface area contributed by atoms with Crippen molar-refractivity contribution in [2.24, 2.45) is 0 Å². The number of sulfonamides is 1. The van der Waals surface area contributed by atoms with Crippen molar-refractivity contribution in [3.05, 3.63) is 52.0 Å². The molecule has 0 aliphatic carbocycles. The monoisotopic (exact) mass is 486 g/mol. The molecule has 8 nitrogen and oxygen atoms in total. The number of amides is 1. The van der Waals surface area contributed by atoms with Crippen molar-refractivity contribution in [1.82, 2.24) is 9.79 Å². The summed E-state index contributed by atoms with van der Waals surface area (Å²) in [5, 5.41) is 2.79. The Bertz CT molecular complexity index is 981. The van der Waals surface area contributed by atoms with Gasteiger partial charge in [-0.3, -0.25) is 9.63 Å². The highest BCUT2D eigenvalue weighted by Crippen LogP contribution is 2.33. The van der Waals surface area contributed by atoms with Crippen LogP contribution in [0.15, 0.2) is 45.8 Å². The summed E-state index contributed by atoms with van der Waals surface area (Å²) in [5.41, 5.74) is 1.17. The lowest BCUT2D eigenvalue weighted by Gasteiger charge is -2.15. The third kappa shape index (κ3) is 5.47. The SMILES string of the molecule is COc1cc(Br)c(CCNC(=O)c2cccc(S(=O)(=O)N(C)OC)c2)cc1OC. The molecule has 10 heteroatoms. The van der Waals surface area contributed by atoms with Gasteiger partial charge < -0.3 is 14.8 Å². The number of nitrogens with one attached hydrogen (secondary N) is 1. The molecule has 0 heterocycles. The molecule has 0 saturated heterocycles. The average molecular weight is 487 g/mol. The summed E-state index contributed by atoms with van der Waals surface area (Å²) >= 11 is 3.48. The molecule has 2 aromatic carbocycles. The predicted molar refractivity (Wildman–Crippen MR) is 112 cm³/mol. The minimum Gasteiger partial charge on any atom is -0.493 e. The highest BCUT2D eigenvalue weighted by Gasteiger charge is 2.22. The van der Waals surface area contributed by atoms with Gasteiger partial charge in [-0.2, -0.15) is 0 Å². The second-order valence-corrected chi connectivity index (χ2v) is 8.72. The number of carbonyl (C=O) groups excluding carboxylic acids is 1. The minimum absolute atomic E-state index is 0.0304. The maximum Gasteiger partial charge on any atom is 0.264 e. The Labute approximate surface area is 178 Å². The van der Waals surface area contributed by atoms with Crippen LogP contribution in [0.1, 0.15) is 15.9 Å². The van der Waals surface area contributed by atoms with Gasteiger partial charge in [-0.05, 0) is 42.3 Å². The van der Waals surface area contributed by atoms with Gasteiger partial charge in [0.2, 0.25) is 0 Å². The van der Waals surface area contributed by atoms with Crippen LogP contribution in [-0.2, 0) is 21.3 Å². The van der Waals surface area contributed by atoms with Gasteiger partial charge in [-0.25, -0.2) is 8.42 Å². The molecular weight excluding hydrogens is 464 g/mol. The van der Waals surface area contributed by atoms with E-state index in [4.69, 9.17) is 14.3 Å². The first-order chi connectivity index (χ1) is 13.7. The Morgan fingerprint density at radius 1 is 1.10 bits per heavy atom. The van der Waals surface area contributed by atoms with Gasteiger partial charge in [0, 0.05) is 23.6 Å². The van der Waals surface area contributed by atoms with Crippen molar-refractivity contribution in [2.75, 3.05) is 34.9 Å². The van der Waals surface area contributed by atoms with E-state index in [1.54, 1.807) is 26.4 Å². The lowest BCUT2D eigenvalue weighted by molar-refractivity contribution is -0.0258. The van der Waals surface area contributed by atoms with Crippen molar-refractivity contribution in [3.63, 3.8) is 0 Å². The first-order valence-electron chi connectivity index (χ1n) is 8.56. The van der Waals surface area contributed by atoms with E-state index in [1.165, 1.54) is 32.4 Å². The number of halogens is 1. The second kappa shape index (κ2) is 10.1. The molecule has 0 aliphatic heterocycles. The summed E-state index contributed by atoms with van der Waals surface area (Å²) in [6.07, 6.45) is 0.539. The van der Waals surface area contributed by atoms with Gasteiger partial charge >= 0.3 is 0 Å². The lowest BCUT2D eigenvalue weighted by atomic mass is 10.1. The third-order valence-corrected chi connectivity index (χ3v) is 6.64. The molecule has 1 amide bonds. The van der Waals surface area contributed by atoms with Gasteiger partial charge in [0.05, 0.1) is 26.2 Å². The van der Waals surface area contributed by atoms with E-state index < -0.39 is 10.0 Å². The number of rotatable bonds is 9. The zero-order chi connectivity index (χ0) is 21.6. The number of carbonyl (C=O) groups is 1. The Balaban J connectivity index is 2.08. The quantitative estimate of drug-likeness (QED) is 0.547. The minimum atomic E-state index is -3.83. The molecule has 0 saturated carbocycles. The van der Waals surface area contributed by atoms with E-state index in [1.807, 2.05) is 6.07 Å². The van der Waals surface area contributed by atoms with Crippen LogP contribution in [0.2, 0.25) is 0 Å². The summed E-state index contributed by atoms with van der Waals surface area (Å²) in [6, 6.07) is 9.41. The number of hydroxylamine groups is 1. The van der Waals surface area contributed by atoms with Crippen LogP contribution in [-0.4, -0.2) is 53.7 Å². The number of methoxy groups -OCH3 is 2. The van der Waals surface area contributed by atoms with Crippen molar-refractivity contribution in [1.29, 1.82) is 0 Å². The molecule has 2 rings (SSSR count). The zero-order valence-electron chi connectivity index (χ0n) is 16.6. The van der Waals surface area contributed by atoms with Gasteiger partial charge in [0.25, 0.3) is 15.9 Å². The number of hydrogen-bond acceptors (Lipinski definition) is 6. The third-order valence-electron chi connectivity index (χ3n) is 4.22. The van der Waals surface area contributed by atoms with Crippen LogP contribution in [0.4, 0.5) is 0 Å². The van der Waals surface area contributed by atoms with E-state index in [2.05, 4.69) is 21.2 Å². The van der Waals surface area contributed by atoms with Crippen LogP contribution < -0.4 is 14.8 Å². The fourth-order valence-corrected chi connectivity index (χ4v) is 4.09. The zero-order valence-corrected chi connectivity index (χ0v) is 19.0. The highest BCUT2D eigenvalue weighted by molar-refractivity contribution is 9.10. The van der Waals surface area contributed by atoms with Crippen LogP contribution in [0, 0.1) is 0 Å². The largest absolute Gasteiger partial charge is 0.493 e. The van der Waals surface area contributed by atoms with Crippen molar-refractivity contribution in [3.8, 4) is 11.5 Å². The molecule has 0 aromatic heterocycles. The van der Waals surface area contributed by atoms with E-state index in [0.29, 0.717) is 24.5 Å². The number of nitrogens with zero attached hydrogens (tertiary/aromatic N) is 1. The van der Waals surface area contributed by atoms with Crippen molar-refractivity contribution < 1.29 is 27.5 Å². The molecule has 0 atom stereocenters. The first-order valence-corrected chi connectivity index (χ1v) is 10.8. The summed E-state index contributed by atoms with van der Waals surface area (Å²) < 4.78 is 36.8. The van der Waals surface area contributed by atoms with Crippen LogP contribution >= 0.6 is 15.9 Å². The first kappa shape index (κ1) is 23.1.